The topological polar surface area (TPSA) is 358 Å². The Labute approximate surface area is 669 Å². The van der Waals surface area contributed by atoms with Crippen LogP contribution < -0.4 is 31.9 Å². The Morgan fingerprint density at radius 3 is 1.47 bits per heavy atom. The van der Waals surface area contributed by atoms with Crippen molar-refractivity contribution in [3.63, 3.8) is 0 Å². The number of cyclic esters (lactones) is 2. The molecule has 0 spiro atoms. The van der Waals surface area contributed by atoms with Crippen molar-refractivity contribution >= 4 is 82.8 Å². The van der Waals surface area contributed by atoms with Crippen LogP contribution in [0.4, 0.5) is 17.6 Å². The van der Waals surface area contributed by atoms with E-state index in [4.69, 9.17) is 14.2 Å². The maximum atomic E-state index is 14.7. The zero-order valence-electron chi connectivity index (χ0n) is 66.4. The van der Waals surface area contributed by atoms with E-state index in [-0.39, 0.29) is 127 Å². The van der Waals surface area contributed by atoms with Crippen molar-refractivity contribution in [1.29, 1.82) is 0 Å². The maximum Gasteiger partial charge on any atom is 0.329 e. The Morgan fingerprint density at radius 1 is 0.457 bits per heavy atom. The van der Waals surface area contributed by atoms with Crippen LogP contribution in [0.15, 0.2) is 78.9 Å². The predicted octanol–water partition coefficient (Wildman–Crippen LogP) is 2.94. The first-order valence-corrected chi connectivity index (χ1v) is 39.8. The highest BCUT2D eigenvalue weighted by atomic mass is 19.1. The van der Waals surface area contributed by atoms with Gasteiger partial charge >= 0.3 is 11.9 Å². The fourth-order valence-corrected chi connectivity index (χ4v) is 16.7. The van der Waals surface area contributed by atoms with Gasteiger partial charge in [-0.15, -0.1) is 0 Å². The summed E-state index contributed by atoms with van der Waals surface area (Å²) in [6.07, 6.45) is 1.15. The van der Waals surface area contributed by atoms with E-state index in [0.29, 0.717) is 55.4 Å². The van der Waals surface area contributed by atoms with E-state index in [9.17, 15) is 84.7 Å². The molecule has 8 heterocycles. The molecule has 0 aliphatic carbocycles. The summed E-state index contributed by atoms with van der Waals surface area (Å²) < 4.78 is 74.4. The van der Waals surface area contributed by atoms with Gasteiger partial charge in [0.15, 0.2) is 0 Å². The molecule has 12 rings (SSSR count). The largest absolute Gasteiger partial charge is 0.461 e. The van der Waals surface area contributed by atoms with Crippen molar-refractivity contribution < 1.29 is 98.9 Å². The van der Waals surface area contributed by atoms with Crippen LogP contribution in [-0.4, -0.2) is 250 Å². The molecule has 0 saturated carbocycles. The highest BCUT2D eigenvalue weighted by Gasteiger charge is 2.50. The summed E-state index contributed by atoms with van der Waals surface area (Å²) in [5.74, 6) is -13.1. The van der Waals surface area contributed by atoms with Crippen LogP contribution in [-0.2, 0) is 107 Å². The molecule has 116 heavy (non-hydrogen) atoms. The average molecular weight is 1620 g/mol. The first-order valence-electron chi connectivity index (χ1n) is 39.8. The van der Waals surface area contributed by atoms with Crippen LogP contribution in [0.3, 0.4) is 0 Å². The lowest BCUT2D eigenvalue weighted by Crippen LogP contribution is -2.64. The number of esters is 2. The number of rotatable bonds is 14. The van der Waals surface area contributed by atoms with Crippen LogP contribution in [0, 0.1) is 55.9 Å². The lowest BCUT2D eigenvalue weighted by atomic mass is 9.99. The minimum Gasteiger partial charge on any atom is -0.461 e. The zero-order chi connectivity index (χ0) is 83.7. The number of nitrogens with zero attached hydrogens (tertiary/aromatic N) is 6. The standard InChI is InChI=1S/C42H52F2N6O8.C41H50F2N6O9/c1-23-14-35-42(57)58-22-32(47-37(52)31(18-28-16-29(43)20-30(44)17-28)46-36(51)19-27-11-10-24(2)25(3)15-27)40(55)49-13-7-9-34(49)41(56)48-12-6-5-8-33(48)38(53)45-26(4)39(54)50(35)21-23;1-22-7-9-26(10-8-22)18-34(50)45-30(17-27-15-28(42)19-29(43)16-27)36(51)46-35-25(4)58-41(56)32-14-23(2)20-49(32)38(53)24(3)44-37(52)33-21-57-13-12-48(33)39(54)31-6-5-11-47(31)40(35)55/h10-11,15-17,20,23,26,31-35H,5-9,12-14,18-19,21-22H2,1-4H3,(H,45,53)(H,46,51)(H,47,52);7-10,15-16,19,23-25,30-33,35H,5-6,11-14,17-18,20-21H2,1-4H3,(H,44,52)(H,45,50)(H,46,51)/t23-,26-,31-,32-,33-,34-,35-;23-,24+,25+,30+,31+,32+,33+,35+/m01/s1. The van der Waals surface area contributed by atoms with Gasteiger partial charge in [-0.3, -0.25) is 57.5 Å². The Bertz CT molecular complexity index is 4400. The van der Waals surface area contributed by atoms with E-state index in [1.165, 1.54) is 50.2 Å². The molecule has 4 aromatic carbocycles. The lowest BCUT2D eigenvalue weighted by Gasteiger charge is -2.39. The van der Waals surface area contributed by atoms with Crippen molar-refractivity contribution in [2.75, 3.05) is 59.1 Å². The SMILES string of the molecule is Cc1ccc(CC(=O)N[C@@H](Cc2cc(F)cc(F)c2)C(=O)N[C@@H]2C(=O)N3CCC[C@H]3C(=O)N3CCOC[C@H]3C(=O)N[C@@H](C)C(=O)N3C[C@H](C)C[C@H]3C(=O)O[C@H]2C)cc1.Cc1ccc(CC(=O)N[C@@H](Cc2cc(F)cc(F)c2)C(=O)N[C@H]2COC(=O)[C@@H]3C[C@H](C)CN3C(=O)[C@H](C)NC(=O)[C@@H]3CCCCN3C(=O)[C@@H]3CCCN3C2=O)cc1C. The second-order valence-electron chi connectivity index (χ2n) is 32.0. The molecule has 0 aromatic heterocycles. The van der Waals surface area contributed by atoms with E-state index in [0.717, 1.165) is 41.0 Å². The van der Waals surface area contributed by atoms with E-state index in [1.54, 1.807) is 18.2 Å². The zero-order valence-corrected chi connectivity index (χ0v) is 66.4. The number of nitrogens with one attached hydrogen (secondary N) is 6. The van der Waals surface area contributed by atoms with Gasteiger partial charge in [-0.1, -0.05) is 61.9 Å². The normalized spacial score (nSPS) is 26.9. The molecule has 12 amide bonds. The number of fused-ring (bicyclic) bond motifs is 6. The summed E-state index contributed by atoms with van der Waals surface area (Å²) in [5.41, 5.74) is 4.35. The van der Waals surface area contributed by atoms with Gasteiger partial charge in [0.25, 0.3) is 0 Å². The van der Waals surface area contributed by atoms with Gasteiger partial charge in [0, 0.05) is 64.2 Å². The Kier molecular flexibility index (Phi) is 28.0. The van der Waals surface area contributed by atoms with Gasteiger partial charge in [0.1, 0.15) is 108 Å². The van der Waals surface area contributed by atoms with Crippen LogP contribution in [0.2, 0.25) is 0 Å². The molecule has 29 nitrogen and oxygen atoms in total. The molecule has 8 fully saturated rings. The molecule has 4 aromatic rings. The van der Waals surface area contributed by atoms with Gasteiger partial charge in [0.2, 0.25) is 70.9 Å². The van der Waals surface area contributed by atoms with E-state index >= 15 is 0 Å². The molecule has 15 atom stereocenters. The fourth-order valence-electron chi connectivity index (χ4n) is 16.7. The molecular formula is C83H102F4N12O17. The van der Waals surface area contributed by atoms with Gasteiger partial charge < -0.3 is 75.5 Å². The summed E-state index contributed by atoms with van der Waals surface area (Å²) in [6.45, 7) is 14.1. The minimum atomic E-state index is -1.62. The number of aryl methyl sites for hydroxylation is 3. The number of morpholine rings is 1. The molecule has 6 N–H and O–H groups in total. The lowest BCUT2D eigenvalue weighted by molar-refractivity contribution is -0.164. The van der Waals surface area contributed by atoms with Gasteiger partial charge in [-0.25, -0.2) is 27.2 Å². The fraction of sp³-hybridized carbons (Fsp3) is 0.542. The Balaban J connectivity index is 0.000000228. The van der Waals surface area contributed by atoms with Crippen molar-refractivity contribution in [3.8, 4) is 0 Å². The number of carbonyl (C=O) groups is 14. The highest BCUT2D eigenvalue weighted by Crippen LogP contribution is 2.32. The Morgan fingerprint density at radius 2 is 0.922 bits per heavy atom. The second-order valence-corrected chi connectivity index (χ2v) is 32.0. The van der Waals surface area contributed by atoms with E-state index in [2.05, 4.69) is 31.9 Å². The summed E-state index contributed by atoms with van der Waals surface area (Å²) in [6, 6.07) is 3.75. The van der Waals surface area contributed by atoms with Gasteiger partial charge in [0.05, 0.1) is 26.1 Å². The second kappa shape index (κ2) is 37.8. The third-order valence-corrected chi connectivity index (χ3v) is 22.8. The number of halogens is 4. The Hall–Kier alpha value is -10.9. The number of carbonyl (C=O) groups excluding carboxylic acids is 14. The predicted molar refractivity (Wildman–Crippen MR) is 408 cm³/mol. The molecular weight excluding hydrogens is 1510 g/mol. The first-order chi connectivity index (χ1) is 55.2. The molecule has 8 aliphatic heterocycles. The van der Waals surface area contributed by atoms with Crippen LogP contribution in [0.5, 0.6) is 0 Å². The van der Waals surface area contributed by atoms with Crippen molar-refractivity contribution in [3.05, 3.63) is 141 Å². The molecule has 0 radical (unpaired) electrons. The summed E-state index contributed by atoms with van der Waals surface area (Å²) >= 11 is 0. The third-order valence-electron chi connectivity index (χ3n) is 22.8. The van der Waals surface area contributed by atoms with Gasteiger partial charge in [-0.05, 0) is 169 Å². The van der Waals surface area contributed by atoms with E-state index in [1.807, 2.05) is 58.9 Å². The molecule has 0 bridgehead atoms. The van der Waals surface area contributed by atoms with Crippen LogP contribution in [0.25, 0.3) is 0 Å². The van der Waals surface area contributed by atoms with Crippen LogP contribution in [0.1, 0.15) is 131 Å². The van der Waals surface area contributed by atoms with E-state index < -0.39 is 191 Å². The number of piperidine rings is 1. The monoisotopic (exact) mass is 1610 g/mol. The van der Waals surface area contributed by atoms with Crippen molar-refractivity contribution in [2.24, 2.45) is 11.8 Å². The molecule has 624 valence electrons. The summed E-state index contributed by atoms with van der Waals surface area (Å²) in [4.78, 5) is 203. The number of ether oxygens (including phenoxy) is 3. The van der Waals surface area contributed by atoms with Crippen LogP contribution >= 0.6 is 0 Å². The maximum absolute atomic E-state index is 14.7. The first kappa shape index (κ1) is 86.0. The van der Waals surface area contributed by atoms with Crippen molar-refractivity contribution in [2.45, 2.75) is 217 Å². The minimum absolute atomic E-state index is 0.0423. The average Bonchev–Trinajstić information content (AvgIpc) is 1.78. The molecule has 8 saturated heterocycles. The summed E-state index contributed by atoms with van der Waals surface area (Å²) in [5, 5.41) is 16.0. The van der Waals surface area contributed by atoms with Crippen molar-refractivity contribution in [1.82, 2.24) is 61.3 Å². The highest BCUT2D eigenvalue weighted by molar-refractivity contribution is 6.00. The number of amides is 12. The quantitative estimate of drug-likeness (QED) is 0.0781. The molecule has 8 aliphatic rings. The number of hydrogen-bond acceptors (Lipinski definition) is 17. The summed E-state index contributed by atoms with van der Waals surface area (Å²) in [7, 11) is 0. The smallest absolute Gasteiger partial charge is 0.329 e. The number of hydrogen-bond donors (Lipinski definition) is 6. The van der Waals surface area contributed by atoms with Gasteiger partial charge in [-0.2, -0.15) is 0 Å². The molecule has 0 unspecified atom stereocenters. The third kappa shape index (κ3) is 20.9. The molecule has 33 heteroatoms. The number of benzene rings is 4.